The summed E-state index contributed by atoms with van der Waals surface area (Å²) < 4.78 is 0. The van der Waals surface area contributed by atoms with Gasteiger partial charge in [-0.3, -0.25) is 0 Å². The van der Waals surface area contributed by atoms with Gasteiger partial charge in [-0.15, -0.1) is 11.3 Å². The summed E-state index contributed by atoms with van der Waals surface area (Å²) in [6.45, 7) is 2.31. The number of hydrogen-bond acceptors (Lipinski definition) is 6. The van der Waals surface area contributed by atoms with Gasteiger partial charge in [-0.1, -0.05) is 0 Å². The third-order valence-electron chi connectivity index (χ3n) is 5.20. The van der Waals surface area contributed by atoms with Gasteiger partial charge in [0.05, 0.1) is 11.0 Å². The quantitative estimate of drug-likeness (QED) is 0.925. The van der Waals surface area contributed by atoms with Crippen LogP contribution in [0.25, 0.3) is 10.2 Å². The molecular weight excluding hydrogens is 320 g/mol. The fraction of sp³-hybridized carbons (Fsp3) is 0.667. The molecule has 1 atom stereocenters. The minimum absolute atomic E-state index is 0.655. The topological polar surface area (TPSA) is 52.5 Å². The number of aryl methyl sites for hydroxylation is 2. The second kappa shape index (κ2) is 6.24. The average molecular weight is 347 g/mol. The average Bonchev–Trinajstić information content (AvgIpc) is 2.92. The molecule has 1 fully saturated rings. The molecule has 0 radical (unpaired) electrons. The lowest BCUT2D eigenvalue weighted by Crippen LogP contribution is -2.53. The highest BCUT2D eigenvalue weighted by Crippen LogP contribution is 2.40. The van der Waals surface area contributed by atoms with E-state index in [9.17, 15) is 5.11 Å². The number of fused-ring (bicyclic) bond motifs is 3. The van der Waals surface area contributed by atoms with Gasteiger partial charge in [0.2, 0.25) is 0 Å². The maximum Gasteiger partial charge on any atom is 0.141 e. The van der Waals surface area contributed by atoms with E-state index in [2.05, 4.69) is 19.8 Å². The van der Waals surface area contributed by atoms with Crippen molar-refractivity contribution in [3.63, 3.8) is 0 Å². The van der Waals surface area contributed by atoms with Crippen molar-refractivity contribution in [2.24, 2.45) is 0 Å². The van der Waals surface area contributed by atoms with E-state index in [1.165, 1.54) is 35.1 Å². The van der Waals surface area contributed by atoms with Crippen LogP contribution in [0.1, 0.15) is 36.1 Å². The van der Waals surface area contributed by atoms with Gasteiger partial charge in [0.25, 0.3) is 0 Å². The van der Waals surface area contributed by atoms with E-state index in [1.54, 1.807) is 6.33 Å². The number of thiophene rings is 1. The molecule has 0 saturated carbocycles. The molecule has 2 aliphatic rings. The maximum absolute atomic E-state index is 11.0. The van der Waals surface area contributed by atoms with Crippen LogP contribution in [-0.4, -0.2) is 59.3 Å². The first-order valence-corrected chi connectivity index (χ1v) is 9.75. The highest BCUT2D eigenvalue weighted by atomic mass is 32.1. The van der Waals surface area contributed by atoms with Gasteiger partial charge in [0.15, 0.2) is 0 Å². The minimum atomic E-state index is -0.658. The van der Waals surface area contributed by atoms with Gasteiger partial charge in [-0.05, 0) is 58.2 Å². The molecular formula is C18H26N4OS. The maximum atomic E-state index is 11.0. The number of aromatic nitrogens is 2. The first kappa shape index (κ1) is 16.2. The van der Waals surface area contributed by atoms with Crippen LogP contribution in [0.5, 0.6) is 0 Å². The van der Waals surface area contributed by atoms with Crippen LogP contribution in [0, 0.1) is 0 Å². The number of aliphatic hydroxyl groups is 1. The van der Waals surface area contributed by atoms with E-state index in [1.807, 2.05) is 25.4 Å². The summed E-state index contributed by atoms with van der Waals surface area (Å²) in [7, 11) is 4.05. The largest absolute Gasteiger partial charge is 0.387 e. The summed E-state index contributed by atoms with van der Waals surface area (Å²) in [4.78, 5) is 16.2. The van der Waals surface area contributed by atoms with Crippen molar-refractivity contribution in [2.75, 3.05) is 38.6 Å². The Morgan fingerprint density at radius 3 is 2.92 bits per heavy atom. The summed E-state index contributed by atoms with van der Waals surface area (Å²) in [6.07, 6.45) is 8.43. The van der Waals surface area contributed by atoms with Crippen molar-refractivity contribution < 1.29 is 5.11 Å². The summed E-state index contributed by atoms with van der Waals surface area (Å²) >= 11 is 1.84. The Bertz CT molecular complexity index is 744. The molecule has 24 heavy (non-hydrogen) atoms. The molecule has 0 aromatic carbocycles. The van der Waals surface area contributed by atoms with Crippen molar-refractivity contribution in [3.05, 3.63) is 16.8 Å². The predicted molar refractivity (Wildman–Crippen MR) is 99.0 cm³/mol. The normalized spacial score (nSPS) is 24.6. The zero-order valence-electron chi connectivity index (χ0n) is 14.6. The predicted octanol–water partition coefficient (Wildman–Crippen LogP) is 2.46. The van der Waals surface area contributed by atoms with Crippen LogP contribution in [0.3, 0.4) is 0 Å². The Morgan fingerprint density at radius 1 is 1.25 bits per heavy atom. The molecule has 2 aromatic heterocycles. The van der Waals surface area contributed by atoms with E-state index in [-0.39, 0.29) is 0 Å². The second-order valence-electron chi connectivity index (χ2n) is 7.58. The zero-order chi connectivity index (χ0) is 16.7. The summed E-state index contributed by atoms with van der Waals surface area (Å²) in [5.41, 5.74) is 0.813. The van der Waals surface area contributed by atoms with Gasteiger partial charge < -0.3 is 14.9 Å². The van der Waals surface area contributed by atoms with Gasteiger partial charge >= 0.3 is 0 Å². The lowest BCUT2D eigenvalue weighted by atomic mass is 9.91. The molecule has 1 N–H and O–H groups in total. The molecule has 0 spiro atoms. The molecule has 6 heteroatoms. The Kier molecular flexibility index (Phi) is 4.22. The summed E-state index contributed by atoms with van der Waals surface area (Å²) in [6, 6.07) is 0. The molecule has 4 rings (SSSR count). The molecule has 1 unspecified atom stereocenters. The first-order valence-electron chi connectivity index (χ1n) is 8.93. The molecule has 5 nitrogen and oxygen atoms in total. The number of piperidine rings is 1. The fourth-order valence-electron chi connectivity index (χ4n) is 4.32. The van der Waals surface area contributed by atoms with Crippen LogP contribution < -0.4 is 4.90 Å². The number of hydrogen-bond donors (Lipinski definition) is 1. The Labute approximate surface area is 147 Å². The zero-order valence-corrected chi connectivity index (χ0v) is 15.4. The molecule has 1 aliphatic heterocycles. The molecule has 1 saturated heterocycles. The van der Waals surface area contributed by atoms with Gasteiger partial charge in [0, 0.05) is 24.5 Å². The van der Waals surface area contributed by atoms with Crippen LogP contribution in [0.15, 0.2) is 6.33 Å². The van der Waals surface area contributed by atoms with Crippen LogP contribution in [0.4, 0.5) is 5.82 Å². The standard InChI is InChI=1S/C18H26N4OS/c1-21(2)10-18(23)8-5-9-22(11-18)16-15-13-6-3-4-7-14(13)24-17(15)20-12-19-16/h12,23H,3-11H2,1-2H3. The lowest BCUT2D eigenvalue weighted by molar-refractivity contribution is 0.00359. The van der Waals surface area contributed by atoms with E-state index in [0.717, 1.165) is 36.5 Å². The molecule has 0 amide bonds. The van der Waals surface area contributed by atoms with Crippen molar-refractivity contribution in [1.82, 2.24) is 14.9 Å². The lowest BCUT2D eigenvalue weighted by Gasteiger charge is -2.41. The van der Waals surface area contributed by atoms with E-state index in [0.29, 0.717) is 13.1 Å². The van der Waals surface area contributed by atoms with Crippen molar-refractivity contribution >= 4 is 27.4 Å². The number of anilines is 1. The smallest absolute Gasteiger partial charge is 0.141 e. The number of β-amino-alcohol motifs (C(OH)–C–C–N with tert-alkyl or cyclic N) is 1. The molecule has 0 bridgehead atoms. The highest BCUT2D eigenvalue weighted by molar-refractivity contribution is 7.19. The molecule has 2 aromatic rings. The highest BCUT2D eigenvalue weighted by Gasteiger charge is 2.35. The van der Waals surface area contributed by atoms with Crippen molar-refractivity contribution in [3.8, 4) is 0 Å². The van der Waals surface area contributed by atoms with Gasteiger partial charge in [0.1, 0.15) is 17.0 Å². The Morgan fingerprint density at radius 2 is 2.08 bits per heavy atom. The third-order valence-corrected chi connectivity index (χ3v) is 6.40. The first-order chi connectivity index (χ1) is 11.6. The van der Waals surface area contributed by atoms with Gasteiger partial charge in [-0.25, -0.2) is 9.97 Å². The molecule has 3 heterocycles. The third kappa shape index (κ3) is 2.91. The second-order valence-corrected chi connectivity index (χ2v) is 8.66. The summed E-state index contributed by atoms with van der Waals surface area (Å²) in [5.74, 6) is 1.04. The number of rotatable bonds is 3. The van der Waals surface area contributed by atoms with Crippen molar-refractivity contribution in [1.29, 1.82) is 0 Å². The monoisotopic (exact) mass is 346 g/mol. The Balaban J connectivity index is 1.72. The fourth-order valence-corrected chi connectivity index (χ4v) is 5.55. The summed E-state index contributed by atoms with van der Waals surface area (Å²) in [5, 5.41) is 12.3. The van der Waals surface area contributed by atoms with Gasteiger partial charge in [-0.2, -0.15) is 0 Å². The van der Waals surface area contributed by atoms with E-state index < -0.39 is 5.60 Å². The molecule has 1 aliphatic carbocycles. The number of likely N-dealkylation sites (N-methyl/N-ethyl adjacent to an activating group) is 1. The van der Waals surface area contributed by atoms with Crippen molar-refractivity contribution in [2.45, 2.75) is 44.1 Å². The molecule has 130 valence electrons. The van der Waals surface area contributed by atoms with Crippen LogP contribution in [-0.2, 0) is 12.8 Å². The van der Waals surface area contributed by atoms with E-state index >= 15 is 0 Å². The minimum Gasteiger partial charge on any atom is -0.387 e. The Hall–Kier alpha value is -1.24. The van der Waals surface area contributed by atoms with E-state index in [4.69, 9.17) is 0 Å². The SMILES string of the molecule is CN(C)CC1(O)CCCN(c2ncnc3sc4c(c23)CCCC4)C1. The van der Waals surface area contributed by atoms with Crippen LogP contribution in [0.2, 0.25) is 0 Å². The van der Waals surface area contributed by atoms with Crippen LogP contribution >= 0.6 is 11.3 Å². The number of nitrogens with zero attached hydrogens (tertiary/aromatic N) is 4.